The lowest BCUT2D eigenvalue weighted by atomic mass is 9.88. The first kappa shape index (κ1) is 24.0. The summed E-state index contributed by atoms with van der Waals surface area (Å²) >= 11 is 6.19. The molecule has 0 unspecified atom stereocenters. The molecular weight excluding hydrogens is 490 g/mol. The molecule has 0 fully saturated rings. The van der Waals surface area contributed by atoms with Gasteiger partial charge in [-0.25, -0.2) is 4.68 Å². The van der Waals surface area contributed by atoms with E-state index in [0.717, 1.165) is 27.9 Å². The number of carbonyl (C=O) groups is 3. The molecular formula is C28H22ClN5O3. The smallest absolute Gasteiger partial charge is 0.269 e. The van der Waals surface area contributed by atoms with Gasteiger partial charge in [-0.15, -0.1) is 0 Å². The maximum absolute atomic E-state index is 12.8. The number of carbonyl (C=O) groups excluding carboxylic acids is 3. The van der Waals surface area contributed by atoms with Crippen LogP contribution in [0.15, 0.2) is 72.8 Å². The summed E-state index contributed by atoms with van der Waals surface area (Å²) in [5.74, 6) is -1.47. The zero-order valence-electron chi connectivity index (χ0n) is 19.6. The molecule has 9 heteroatoms. The molecule has 4 aromatic rings. The van der Waals surface area contributed by atoms with Crippen LogP contribution in [-0.4, -0.2) is 27.5 Å². The average molecular weight is 512 g/mol. The quantitative estimate of drug-likeness (QED) is 0.335. The van der Waals surface area contributed by atoms with Crippen LogP contribution in [-0.2, 0) is 17.6 Å². The molecule has 37 heavy (non-hydrogen) atoms. The van der Waals surface area contributed by atoms with Crippen molar-refractivity contribution < 1.29 is 14.4 Å². The van der Waals surface area contributed by atoms with Crippen molar-refractivity contribution in [2.75, 3.05) is 5.32 Å². The van der Waals surface area contributed by atoms with Crippen LogP contribution < -0.4 is 16.8 Å². The number of hydrogen-bond acceptors (Lipinski definition) is 4. The monoisotopic (exact) mass is 511 g/mol. The fourth-order valence-electron chi connectivity index (χ4n) is 4.45. The molecule has 184 valence electrons. The van der Waals surface area contributed by atoms with E-state index in [2.05, 4.69) is 10.4 Å². The highest BCUT2D eigenvalue weighted by molar-refractivity contribution is 6.34. The molecule has 1 aliphatic rings. The molecule has 0 radical (unpaired) electrons. The average Bonchev–Trinajstić information content (AvgIpc) is 3.28. The highest BCUT2D eigenvalue weighted by atomic mass is 35.5. The van der Waals surface area contributed by atoms with Gasteiger partial charge in [0.15, 0.2) is 5.69 Å². The number of aromatic nitrogens is 2. The van der Waals surface area contributed by atoms with E-state index in [1.165, 1.54) is 6.08 Å². The van der Waals surface area contributed by atoms with Crippen LogP contribution in [0.1, 0.15) is 37.5 Å². The van der Waals surface area contributed by atoms with Gasteiger partial charge in [-0.1, -0.05) is 41.9 Å². The van der Waals surface area contributed by atoms with E-state index in [1.54, 1.807) is 35.0 Å². The number of nitrogens with one attached hydrogen (secondary N) is 1. The van der Waals surface area contributed by atoms with E-state index in [0.29, 0.717) is 34.8 Å². The maximum atomic E-state index is 12.8. The number of rotatable bonds is 6. The number of benzene rings is 3. The second-order valence-electron chi connectivity index (χ2n) is 8.58. The molecule has 3 aromatic carbocycles. The van der Waals surface area contributed by atoms with E-state index in [-0.39, 0.29) is 11.6 Å². The van der Waals surface area contributed by atoms with Gasteiger partial charge >= 0.3 is 0 Å². The first-order chi connectivity index (χ1) is 17.8. The van der Waals surface area contributed by atoms with E-state index >= 15 is 0 Å². The lowest BCUT2D eigenvalue weighted by Crippen LogP contribution is -2.15. The van der Waals surface area contributed by atoms with E-state index in [4.69, 9.17) is 23.1 Å². The molecule has 5 N–H and O–H groups in total. The molecule has 1 aliphatic carbocycles. The summed E-state index contributed by atoms with van der Waals surface area (Å²) < 4.78 is 1.69. The van der Waals surface area contributed by atoms with E-state index < -0.39 is 11.8 Å². The first-order valence-electron chi connectivity index (χ1n) is 11.5. The maximum Gasteiger partial charge on any atom is 0.269 e. The standard InChI is InChI=1S/C28H22ClN5O3/c29-23-4-2-1-3-20(23)28(37)32-18-10-8-17-9-13-21-25(27(31)36)33-34(26(21)22(17)15-18)19-11-5-16(6-12-19)7-14-24(30)35/h1-8,10-12,14-15H,9,13H2,(H2,30,35)(H2,31,36)(H,32,37). The van der Waals surface area contributed by atoms with Gasteiger partial charge in [0.25, 0.3) is 11.8 Å². The molecule has 8 nitrogen and oxygen atoms in total. The number of hydrogen-bond donors (Lipinski definition) is 3. The number of nitrogens with two attached hydrogens (primary N) is 2. The SMILES string of the molecule is NC(=O)C=Cc1ccc(-n2nc(C(N)=O)c3c2-c2cc(NC(=O)c4ccccc4Cl)ccc2CC3)cc1. The zero-order valence-corrected chi connectivity index (χ0v) is 20.3. The fraction of sp³-hybridized carbons (Fsp3) is 0.0714. The van der Waals surface area contributed by atoms with Gasteiger partial charge < -0.3 is 16.8 Å². The van der Waals surface area contributed by atoms with Crippen LogP contribution in [0.2, 0.25) is 5.02 Å². The highest BCUT2D eigenvalue weighted by Crippen LogP contribution is 2.38. The summed E-state index contributed by atoms with van der Waals surface area (Å²) in [5.41, 5.74) is 16.9. The van der Waals surface area contributed by atoms with Crippen molar-refractivity contribution in [1.29, 1.82) is 0 Å². The van der Waals surface area contributed by atoms with Crippen LogP contribution >= 0.6 is 11.6 Å². The molecule has 0 bridgehead atoms. The highest BCUT2D eigenvalue weighted by Gasteiger charge is 2.28. The predicted octanol–water partition coefficient (Wildman–Crippen LogP) is 4.14. The Bertz CT molecular complexity index is 1590. The van der Waals surface area contributed by atoms with E-state index in [1.807, 2.05) is 42.5 Å². The van der Waals surface area contributed by atoms with Crippen molar-refractivity contribution in [1.82, 2.24) is 9.78 Å². The minimum absolute atomic E-state index is 0.212. The third-order valence-corrected chi connectivity index (χ3v) is 6.51. The Hall–Kier alpha value is -4.69. The van der Waals surface area contributed by atoms with Gasteiger partial charge in [0.1, 0.15) is 0 Å². The fourth-order valence-corrected chi connectivity index (χ4v) is 4.67. The summed E-state index contributed by atoms with van der Waals surface area (Å²) in [6, 6.07) is 19.8. The van der Waals surface area contributed by atoms with Gasteiger partial charge in [0.05, 0.1) is 22.0 Å². The van der Waals surface area contributed by atoms with Crippen LogP contribution in [0.3, 0.4) is 0 Å². The number of amides is 3. The predicted molar refractivity (Wildman–Crippen MR) is 143 cm³/mol. The third-order valence-electron chi connectivity index (χ3n) is 6.18. The number of anilines is 1. The molecule has 0 aliphatic heterocycles. The Morgan fingerprint density at radius 3 is 2.43 bits per heavy atom. The minimum Gasteiger partial charge on any atom is -0.366 e. The normalized spacial score (nSPS) is 12.1. The van der Waals surface area contributed by atoms with Gasteiger partial charge in [-0.3, -0.25) is 14.4 Å². The van der Waals surface area contributed by atoms with Crippen molar-refractivity contribution in [3.63, 3.8) is 0 Å². The molecule has 1 aromatic heterocycles. The largest absolute Gasteiger partial charge is 0.366 e. The first-order valence-corrected chi connectivity index (χ1v) is 11.9. The van der Waals surface area contributed by atoms with Crippen LogP contribution in [0.25, 0.3) is 23.0 Å². The number of primary amides is 2. The van der Waals surface area contributed by atoms with Crippen LogP contribution in [0.5, 0.6) is 0 Å². The van der Waals surface area contributed by atoms with Gasteiger partial charge in [0, 0.05) is 22.9 Å². The van der Waals surface area contributed by atoms with Crippen molar-refractivity contribution in [3.8, 4) is 16.9 Å². The zero-order chi connectivity index (χ0) is 26.1. The van der Waals surface area contributed by atoms with Crippen LogP contribution in [0, 0.1) is 0 Å². The minimum atomic E-state index is -0.609. The Kier molecular flexibility index (Phi) is 6.33. The number of halogens is 1. The van der Waals surface area contributed by atoms with Gasteiger partial charge in [-0.05, 0) is 66.4 Å². The summed E-state index contributed by atoms with van der Waals surface area (Å²) in [6.07, 6.45) is 4.20. The Balaban J connectivity index is 1.57. The van der Waals surface area contributed by atoms with Crippen molar-refractivity contribution in [2.24, 2.45) is 11.5 Å². The van der Waals surface area contributed by atoms with Crippen molar-refractivity contribution >= 4 is 41.1 Å². The number of fused-ring (bicyclic) bond motifs is 3. The van der Waals surface area contributed by atoms with E-state index in [9.17, 15) is 14.4 Å². The summed E-state index contributed by atoms with van der Waals surface area (Å²) in [7, 11) is 0. The molecule has 1 heterocycles. The Morgan fingerprint density at radius 1 is 0.973 bits per heavy atom. The summed E-state index contributed by atoms with van der Waals surface area (Å²) in [4.78, 5) is 36.1. The molecule has 0 spiro atoms. The summed E-state index contributed by atoms with van der Waals surface area (Å²) in [5, 5.41) is 7.83. The lowest BCUT2D eigenvalue weighted by Gasteiger charge is -2.20. The number of aryl methyl sites for hydroxylation is 1. The topological polar surface area (TPSA) is 133 Å². The molecule has 0 saturated carbocycles. The molecule has 0 atom stereocenters. The molecule has 3 amide bonds. The molecule has 5 rings (SSSR count). The Labute approximate surface area is 217 Å². The Morgan fingerprint density at radius 2 is 1.73 bits per heavy atom. The van der Waals surface area contributed by atoms with Crippen molar-refractivity contribution in [2.45, 2.75) is 12.8 Å². The second kappa shape index (κ2) is 9.75. The van der Waals surface area contributed by atoms with Crippen molar-refractivity contribution in [3.05, 3.63) is 106 Å². The van der Waals surface area contributed by atoms with Crippen LogP contribution in [0.4, 0.5) is 5.69 Å². The third kappa shape index (κ3) is 4.74. The lowest BCUT2D eigenvalue weighted by molar-refractivity contribution is -0.113. The molecule has 0 saturated heterocycles. The van der Waals surface area contributed by atoms with Gasteiger partial charge in [-0.2, -0.15) is 5.10 Å². The second-order valence-corrected chi connectivity index (χ2v) is 8.99. The van der Waals surface area contributed by atoms with Gasteiger partial charge in [0.2, 0.25) is 5.91 Å². The number of nitrogens with zero attached hydrogens (tertiary/aromatic N) is 2. The summed E-state index contributed by atoms with van der Waals surface area (Å²) in [6.45, 7) is 0.